The van der Waals surface area contributed by atoms with Gasteiger partial charge >= 0.3 is 11.8 Å². The van der Waals surface area contributed by atoms with Crippen LogP contribution in [0.1, 0.15) is 29.2 Å². The van der Waals surface area contributed by atoms with E-state index >= 15 is 0 Å². The number of benzene rings is 3. The molecule has 0 atom stereocenters. The van der Waals surface area contributed by atoms with Crippen LogP contribution in [0.5, 0.6) is 11.5 Å². The summed E-state index contributed by atoms with van der Waals surface area (Å²) in [7, 11) is 0. The van der Waals surface area contributed by atoms with Crippen molar-refractivity contribution in [2.45, 2.75) is 27.4 Å². The maximum atomic E-state index is 12.2. The molecule has 8 heteroatoms. The first kappa shape index (κ1) is 25.0. The zero-order valence-electron chi connectivity index (χ0n) is 19.2. The van der Waals surface area contributed by atoms with Crippen molar-refractivity contribution < 1.29 is 19.1 Å². The molecule has 0 saturated heterocycles. The highest BCUT2D eigenvalue weighted by Gasteiger charge is 2.15. The Labute approximate surface area is 207 Å². The highest BCUT2D eigenvalue weighted by atomic mass is 79.9. The number of hydrazone groups is 1. The van der Waals surface area contributed by atoms with Crippen LogP contribution in [0.4, 0.5) is 5.69 Å². The molecule has 3 aromatic rings. The van der Waals surface area contributed by atoms with Crippen molar-refractivity contribution in [3.8, 4) is 11.5 Å². The molecular formula is C26H26BrN3O4. The highest BCUT2D eigenvalue weighted by molar-refractivity contribution is 9.10. The number of carbonyl (C=O) groups is 2. The monoisotopic (exact) mass is 523 g/mol. The number of anilines is 1. The van der Waals surface area contributed by atoms with Gasteiger partial charge in [-0.1, -0.05) is 46.3 Å². The number of carbonyl (C=O) groups excluding carboxylic acids is 2. The average Bonchev–Trinajstić information content (AvgIpc) is 2.82. The van der Waals surface area contributed by atoms with E-state index in [0.29, 0.717) is 36.0 Å². The van der Waals surface area contributed by atoms with Crippen molar-refractivity contribution >= 4 is 39.6 Å². The van der Waals surface area contributed by atoms with Crippen LogP contribution in [0.25, 0.3) is 0 Å². The molecule has 34 heavy (non-hydrogen) atoms. The van der Waals surface area contributed by atoms with Gasteiger partial charge in [-0.3, -0.25) is 9.59 Å². The van der Waals surface area contributed by atoms with E-state index in [9.17, 15) is 9.59 Å². The van der Waals surface area contributed by atoms with Gasteiger partial charge in [0.25, 0.3) is 0 Å². The van der Waals surface area contributed by atoms with E-state index in [0.717, 1.165) is 21.2 Å². The molecular weight excluding hydrogens is 498 g/mol. The predicted molar refractivity (Wildman–Crippen MR) is 136 cm³/mol. The Morgan fingerprint density at radius 3 is 2.32 bits per heavy atom. The van der Waals surface area contributed by atoms with E-state index in [1.807, 2.05) is 63.2 Å². The molecule has 3 rings (SSSR count). The van der Waals surface area contributed by atoms with Gasteiger partial charge in [-0.25, -0.2) is 5.43 Å². The maximum Gasteiger partial charge on any atom is 0.329 e. The van der Waals surface area contributed by atoms with Gasteiger partial charge in [0, 0.05) is 10.2 Å². The van der Waals surface area contributed by atoms with Gasteiger partial charge in [-0.2, -0.15) is 5.10 Å². The molecule has 0 aliphatic rings. The summed E-state index contributed by atoms with van der Waals surface area (Å²) in [6.45, 7) is 6.47. The van der Waals surface area contributed by atoms with Crippen molar-refractivity contribution in [1.29, 1.82) is 0 Å². The number of para-hydroxylation sites is 1. The van der Waals surface area contributed by atoms with Crippen LogP contribution >= 0.6 is 15.9 Å². The summed E-state index contributed by atoms with van der Waals surface area (Å²) >= 11 is 3.42. The van der Waals surface area contributed by atoms with Crippen LogP contribution in [0.2, 0.25) is 0 Å². The molecule has 0 heterocycles. The fourth-order valence-electron chi connectivity index (χ4n) is 3.13. The van der Waals surface area contributed by atoms with Gasteiger partial charge in [-0.15, -0.1) is 0 Å². The Bertz CT molecular complexity index is 1170. The zero-order valence-corrected chi connectivity index (χ0v) is 20.8. The first-order chi connectivity index (χ1) is 16.4. The van der Waals surface area contributed by atoms with Gasteiger partial charge in [0.05, 0.1) is 12.8 Å². The molecule has 0 aromatic heterocycles. The van der Waals surface area contributed by atoms with E-state index in [2.05, 4.69) is 31.8 Å². The van der Waals surface area contributed by atoms with E-state index in [-0.39, 0.29) is 0 Å². The average molecular weight is 524 g/mol. The lowest BCUT2D eigenvalue weighted by Crippen LogP contribution is -2.32. The summed E-state index contributed by atoms with van der Waals surface area (Å²) in [6, 6.07) is 18.8. The number of aryl methyl sites for hydroxylation is 2. The Hall–Kier alpha value is -3.65. The first-order valence-corrected chi connectivity index (χ1v) is 11.5. The van der Waals surface area contributed by atoms with Crippen LogP contribution in [0, 0.1) is 13.8 Å². The summed E-state index contributed by atoms with van der Waals surface area (Å²) in [5, 5.41) is 6.52. The number of amides is 2. The molecule has 2 N–H and O–H groups in total. The lowest BCUT2D eigenvalue weighted by atomic mass is 10.1. The Morgan fingerprint density at radius 2 is 1.65 bits per heavy atom. The van der Waals surface area contributed by atoms with Crippen molar-refractivity contribution in [3.05, 3.63) is 87.4 Å². The van der Waals surface area contributed by atoms with Crippen LogP contribution in [0.3, 0.4) is 0 Å². The van der Waals surface area contributed by atoms with E-state index in [1.54, 1.807) is 18.2 Å². The third-order valence-corrected chi connectivity index (χ3v) is 5.41. The number of hydrogen-bond acceptors (Lipinski definition) is 5. The molecule has 0 saturated carbocycles. The molecule has 176 valence electrons. The summed E-state index contributed by atoms with van der Waals surface area (Å²) in [4.78, 5) is 24.4. The standard InChI is InChI=1S/C26H26BrN3O4/c1-4-33-23-14-20(10-13-22(23)34-16-19-8-11-21(27)12-9-19)15-28-30-26(32)25(31)29-24-17(2)6-5-7-18(24)3/h5-15H,4,16H2,1-3H3,(H,29,31)(H,30,32)/b28-15-. The second kappa shape index (κ2) is 12.0. The van der Waals surface area contributed by atoms with Gasteiger partial charge < -0.3 is 14.8 Å². The van der Waals surface area contributed by atoms with Crippen molar-refractivity contribution in [2.24, 2.45) is 5.10 Å². The van der Waals surface area contributed by atoms with E-state index < -0.39 is 11.8 Å². The minimum absolute atomic E-state index is 0.395. The summed E-state index contributed by atoms with van der Waals surface area (Å²) < 4.78 is 12.6. The number of nitrogens with one attached hydrogen (secondary N) is 2. The molecule has 2 amide bonds. The van der Waals surface area contributed by atoms with Crippen LogP contribution in [0.15, 0.2) is 70.2 Å². The Balaban J connectivity index is 1.61. The smallest absolute Gasteiger partial charge is 0.329 e. The molecule has 0 spiro atoms. The predicted octanol–water partition coefficient (Wildman–Crippen LogP) is 5.13. The van der Waals surface area contributed by atoms with Gasteiger partial charge in [0.2, 0.25) is 0 Å². The largest absolute Gasteiger partial charge is 0.490 e. The van der Waals surface area contributed by atoms with Crippen LogP contribution in [-0.4, -0.2) is 24.6 Å². The molecule has 3 aromatic carbocycles. The topological polar surface area (TPSA) is 89.0 Å². The third kappa shape index (κ3) is 6.92. The normalized spacial score (nSPS) is 10.7. The molecule has 0 bridgehead atoms. The quantitative estimate of drug-likeness (QED) is 0.243. The molecule has 0 unspecified atom stereocenters. The fraction of sp³-hybridized carbons (Fsp3) is 0.192. The molecule has 0 radical (unpaired) electrons. The van der Waals surface area contributed by atoms with Gasteiger partial charge in [-0.05, 0) is 73.4 Å². The highest BCUT2D eigenvalue weighted by Crippen LogP contribution is 2.29. The number of halogens is 1. The second-order valence-electron chi connectivity index (χ2n) is 7.47. The molecule has 0 aliphatic carbocycles. The molecule has 0 fully saturated rings. The summed E-state index contributed by atoms with van der Waals surface area (Å²) in [6.07, 6.45) is 1.44. The number of rotatable bonds is 8. The second-order valence-corrected chi connectivity index (χ2v) is 8.39. The number of nitrogens with zero attached hydrogens (tertiary/aromatic N) is 1. The maximum absolute atomic E-state index is 12.2. The SMILES string of the molecule is CCOc1cc(/C=N\NC(=O)C(=O)Nc2c(C)cccc2C)ccc1OCc1ccc(Br)cc1. The number of hydrogen-bond donors (Lipinski definition) is 2. The first-order valence-electron chi connectivity index (χ1n) is 10.7. The molecule has 0 aliphatic heterocycles. The minimum atomic E-state index is -0.863. The molecule has 7 nitrogen and oxygen atoms in total. The summed E-state index contributed by atoms with van der Waals surface area (Å²) in [5.74, 6) is -0.499. The number of ether oxygens (including phenoxy) is 2. The van der Waals surface area contributed by atoms with E-state index in [4.69, 9.17) is 9.47 Å². The van der Waals surface area contributed by atoms with Crippen LogP contribution in [-0.2, 0) is 16.2 Å². The zero-order chi connectivity index (χ0) is 24.5. The lowest BCUT2D eigenvalue weighted by molar-refractivity contribution is -0.136. The fourth-order valence-corrected chi connectivity index (χ4v) is 3.40. The minimum Gasteiger partial charge on any atom is -0.490 e. The van der Waals surface area contributed by atoms with E-state index in [1.165, 1.54) is 6.21 Å². The van der Waals surface area contributed by atoms with Crippen molar-refractivity contribution in [3.63, 3.8) is 0 Å². The van der Waals surface area contributed by atoms with Crippen LogP contribution < -0.4 is 20.2 Å². The summed E-state index contributed by atoms with van der Waals surface area (Å²) in [5.41, 5.74) is 6.31. The van der Waals surface area contributed by atoms with Crippen molar-refractivity contribution in [2.75, 3.05) is 11.9 Å². The lowest BCUT2D eigenvalue weighted by Gasteiger charge is -2.13. The van der Waals surface area contributed by atoms with Gasteiger partial charge in [0.15, 0.2) is 11.5 Å². The third-order valence-electron chi connectivity index (χ3n) is 4.88. The van der Waals surface area contributed by atoms with Gasteiger partial charge in [0.1, 0.15) is 6.61 Å². The van der Waals surface area contributed by atoms with Crippen molar-refractivity contribution in [1.82, 2.24) is 5.43 Å². The Morgan fingerprint density at radius 1 is 0.941 bits per heavy atom. The Kier molecular flexibility index (Phi) is 8.81.